The zero-order chi connectivity index (χ0) is 21.0. The van der Waals surface area contributed by atoms with E-state index in [1.54, 1.807) is 0 Å². The van der Waals surface area contributed by atoms with Crippen LogP contribution < -0.4 is 29.6 Å². The molecule has 0 bridgehead atoms. The number of non-ortho nitro benzene ring substituents is 2. The summed E-state index contributed by atoms with van der Waals surface area (Å²) < 4.78 is 53.4. The molecule has 0 N–H and O–H groups in total. The molecule has 0 saturated carbocycles. The molecule has 0 atom stereocenters. The predicted molar refractivity (Wildman–Crippen MR) is 94.9 cm³/mol. The molecule has 0 spiro atoms. The fraction of sp³-hybridized carbons (Fsp3) is 0. The number of nitro groups is 2. The third kappa shape index (κ3) is 8.48. The molecule has 0 heterocycles. The zero-order valence-electron chi connectivity index (χ0n) is 13.7. The average molecular weight is 526 g/mol. The smallest absolute Gasteiger partial charge is 0.744 e. The van der Waals surface area contributed by atoms with Crippen LogP contribution in [0.5, 0.6) is 0 Å². The van der Waals surface area contributed by atoms with E-state index in [4.69, 9.17) is 10.7 Å². The Labute approximate surface area is 193 Å². The largest absolute Gasteiger partial charge is 1.00 e. The van der Waals surface area contributed by atoms with Crippen LogP contribution in [0, 0.1) is 20.2 Å². The number of rotatable bonds is 4. The van der Waals surface area contributed by atoms with Gasteiger partial charge < -0.3 is 4.55 Å². The van der Waals surface area contributed by atoms with Crippen molar-refractivity contribution in [2.24, 2.45) is 0 Å². The van der Waals surface area contributed by atoms with E-state index in [2.05, 4.69) is 15.9 Å². The van der Waals surface area contributed by atoms with E-state index in [0.29, 0.717) is 6.07 Å². The van der Waals surface area contributed by atoms with Crippen LogP contribution in [-0.2, 0) is 19.2 Å². The Bertz CT molecular complexity index is 1110. The summed E-state index contributed by atoms with van der Waals surface area (Å²) in [6, 6.07) is 7.37. The Morgan fingerprint density at radius 1 is 0.857 bits per heavy atom. The van der Waals surface area contributed by atoms with Gasteiger partial charge in [0.05, 0.1) is 19.6 Å². The molecule has 2 aromatic rings. The molecule has 16 heteroatoms. The second-order valence-corrected chi connectivity index (χ2v) is 9.41. The number of hydrogen-bond donors (Lipinski definition) is 0. The summed E-state index contributed by atoms with van der Waals surface area (Å²) in [4.78, 5) is 18.2. The molecule has 2 aromatic carbocycles. The van der Waals surface area contributed by atoms with Gasteiger partial charge in [0.25, 0.3) is 20.4 Å². The monoisotopic (exact) mass is 524 g/mol. The van der Waals surface area contributed by atoms with E-state index in [1.165, 1.54) is 18.2 Å². The van der Waals surface area contributed by atoms with Gasteiger partial charge in [-0.1, -0.05) is 22.0 Å². The van der Waals surface area contributed by atoms with Crippen molar-refractivity contribution >= 4 is 57.2 Å². The van der Waals surface area contributed by atoms with Crippen molar-refractivity contribution < 1.29 is 60.8 Å². The van der Waals surface area contributed by atoms with E-state index in [1.807, 2.05) is 0 Å². The maximum absolute atomic E-state index is 10.8. The zero-order valence-corrected chi connectivity index (χ0v) is 19.7. The predicted octanol–water partition coefficient (Wildman–Crippen LogP) is -0.212. The number of hydrogen-bond acceptors (Lipinski definition) is 9. The number of nitro benzene ring substituents is 2. The number of benzene rings is 2. The van der Waals surface area contributed by atoms with E-state index in [-0.39, 0.29) is 44.6 Å². The van der Waals surface area contributed by atoms with Crippen LogP contribution in [0.25, 0.3) is 0 Å². The molecule has 0 amide bonds. The van der Waals surface area contributed by atoms with Gasteiger partial charge in [0.15, 0.2) is 0 Å². The summed E-state index contributed by atoms with van der Waals surface area (Å²) in [5.41, 5.74) is -0.754. The number of nitrogens with zero attached hydrogens (tertiary/aromatic N) is 2. The fourth-order valence-corrected chi connectivity index (χ4v) is 3.51. The van der Waals surface area contributed by atoms with Gasteiger partial charge in [-0.2, -0.15) is 0 Å². The van der Waals surface area contributed by atoms with Crippen molar-refractivity contribution in [1.29, 1.82) is 0 Å². The van der Waals surface area contributed by atoms with Crippen molar-refractivity contribution in [2.45, 2.75) is 9.79 Å². The van der Waals surface area contributed by atoms with Crippen LogP contribution in [0.1, 0.15) is 0 Å². The van der Waals surface area contributed by atoms with Crippen molar-refractivity contribution in [1.82, 2.24) is 0 Å². The molecule has 2 rings (SSSR count). The van der Waals surface area contributed by atoms with Gasteiger partial charge in [-0.3, -0.25) is 20.2 Å². The normalized spacial score (nSPS) is 10.8. The van der Waals surface area contributed by atoms with Crippen LogP contribution in [0.3, 0.4) is 0 Å². The average Bonchev–Trinajstić information content (AvgIpc) is 2.53. The number of halogens is 2. The minimum Gasteiger partial charge on any atom is -0.744 e. The quantitative estimate of drug-likeness (QED) is 0.172. The van der Waals surface area contributed by atoms with Gasteiger partial charge in [0, 0.05) is 39.4 Å². The third-order valence-electron chi connectivity index (χ3n) is 2.67. The summed E-state index contributed by atoms with van der Waals surface area (Å²) >= 11 is 2.87. The minimum atomic E-state index is -4.67. The molecule has 0 saturated heterocycles. The molecule has 146 valence electrons. The molecule has 11 nitrogen and oxygen atoms in total. The van der Waals surface area contributed by atoms with Gasteiger partial charge >= 0.3 is 29.6 Å². The molecular weight excluding hydrogens is 519 g/mol. The van der Waals surface area contributed by atoms with E-state index < -0.39 is 39.6 Å². The Morgan fingerprint density at radius 3 is 1.79 bits per heavy atom. The van der Waals surface area contributed by atoms with Crippen LogP contribution in [-0.4, -0.2) is 31.2 Å². The maximum Gasteiger partial charge on any atom is 1.00 e. The van der Waals surface area contributed by atoms with E-state index in [9.17, 15) is 41.6 Å². The first kappa shape index (κ1) is 26.9. The molecule has 0 aliphatic heterocycles. The minimum absolute atomic E-state index is 0. The van der Waals surface area contributed by atoms with E-state index >= 15 is 0 Å². The summed E-state index contributed by atoms with van der Waals surface area (Å²) in [7, 11) is -3.57. The second kappa shape index (κ2) is 10.6. The van der Waals surface area contributed by atoms with Crippen LogP contribution in [0.15, 0.2) is 56.7 Å². The van der Waals surface area contributed by atoms with Crippen LogP contribution in [0.4, 0.5) is 11.4 Å². The SMILES string of the molecule is O=[N+]([O-])c1cc(Br)cc(S(=O)(=O)[O-])c1.O=[N+]([O-])c1cccc(S(=O)(=O)Cl)c1.[Na+]. The molecule has 28 heavy (non-hydrogen) atoms. The van der Waals surface area contributed by atoms with Crippen molar-refractivity contribution in [3.63, 3.8) is 0 Å². The van der Waals surface area contributed by atoms with Gasteiger partial charge in [0.1, 0.15) is 10.1 Å². The molecule has 0 aromatic heterocycles. The Hall–Kier alpha value is -1.13. The molecule has 0 unspecified atom stereocenters. The fourth-order valence-electron chi connectivity index (χ4n) is 1.55. The van der Waals surface area contributed by atoms with E-state index in [0.717, 1.165) is 18.2 Å². The Morgan fingerprint density at radius 2 is 1.36 bits per heavy atom. The first-order chi connectivity index (χ1) is 12.2. The standard InChI is InChI=1S/C6H4BrNO5S.C6H4ClNO4S.Na/c7-4-1-5(8(9)10)3-6(2-4)14(11,12)13;7-13(11,12)6-3-1-2-5(4-6)8(9)10;/h1-3H,(H,11,12,13);1-4H;/q;;+1/p-1. The van der Waals surface area contributed by atoms with Gasteiger partial charge in [-0.05, 0) is 12.1 Å². The van der Waals surface area contributed by atoms with Gasteiger partial charge in [-0.15, -0.1) is 0 Å². The molecule has 0 aliphatic carbocycles. The van der Waals surface area contributed by atoms with Crippen molar-refractivity contribution in [2.75, 3.05) is 0 Å². The van der Waals surface area contributed by atoms with Gasteiger partial charge in [-0.25, -0.2) is 16.8 Å². The molecule has 0 fully saturated rings. The van der Waals surface area contributed by atoms with Crippen LogP contribution in [0.2, 0.25) is 0 Å². The Balaban J connectivity index is 0.000000504. The van der Waals surface area contributed by atoms with Crippen molar-refractivity contribution in [3.8, 4) is 0 Å². The third-order valence-corrected chi connectivity index (χ3v) is 5.29. The molecule has 0 aliphatic rings. The van der Waals surface area contributed by atoms with Gasteiger partial charge in [0.2, 0.25) is 0 Å². The summed E-state index contributed by atoms with van der Waals surface area (Å²) in [6.45, 7) is 0. The summed E-state index contributed by atoms with van der Waals surface area (Å²) in [5.74, 6) is 0. The molecular formula is C12H7BrClN2NaO9S2. The summed E-state index contributed by atoms with van der Waals surface area (Å²) in [5, 5.41) is 20.6. The first-order valence-electron chi connectivity index (χ1n) is 6.32. The van der Waals surface area contributed by atoms with Crippen molar-refractivity contribution in [3.05, 3.63) is 67.2 Å². The maximum atomic E-state index is 10.8. The Kier molecular flexibility index (Phi) is 10.2. The topological polar surface area (TPSA) is 178 Å². The van der Waals surface area contributed by atoms with Crippen LogP contribution >= 0.6 is 26.6 Å². The first-order valence-corrected chi connectivity index (χ1v) is 10.8. The summed E-state index contributed by atoms with van der Waals surface area (Å²) in [6.07, 6.45) is 0. The molecule has 0 radical (unpaired) electrons. The second-order valence-electron chi connectivity index (χ2n) is 4.55.